The maximum Gasteiger partial charge on any atom is 0.346 e. The Kier molecular flexibility index (Phi) is 4.38. The molecule has 0 radical (unpaired) electrons. The predicted molar refractivity (Wildman–Crippen MR) is 81.9 cm³/mol. The molecule has 1 heterocycles. The predicted octanol–water partition coefficient (Wildman–Crippen LogP) is 0.639. The Balaban J connectivity index is 1.92. The van der Waals surface area contributed by atoms with Crippen LogP contribution >= 0.6 is 0 Å². The number of ether oxygens (including phenoxy) is 2. The van der Waals surface area contributed by atoms with Gasteiger partial charge in [-0.3, -0.25) is 4.79 Å². The number of aldehydes is 1. The van der Waals surface area contributed by atoms with Crippen LogP contribution in [0, 0.1) is 0 Å². The molecule has 0 aliphatic carbocycles. The molecule has 0 N–H and O–H groups in total. The van der Waals surface area contributed by atoms with E-state index in [-0.39, 0.29) is 11.6 Å². The summed E-state index contributed by atoms with van der Waals surface area (Å²) in [6.45, 7) is 0. The van der Waals surface area contributed by atoms with Crippen molar-refractivity contribution in [3.05, 3.63) is 53.6 Å². The highest BCUT2D eigenvalue weighted by Gasteiger charge is 2.14. The number of carboxylic acids is 1. The highest BCUT2D eigenvalue weighted by atomic mass is 16.5. The summed E-state index contributed by atoms with van der Waals surface area (Å²) in [5.74, 6) is -0.623. The lowest BCUT2D eigenvalue weighted by Gasteiger charge is -2.10. The first-order valence-electron chi connectivity index (χ1n) is 7.03. The molecule has 0 atom stereocenters. The maximum atomic E-state index is 10.8. The molecule has 3 aromatic rings. The first-order valence-corrected chi connectivity index (χ1v) is 7.03. The monoisotopic (exact) mass is 339 g/mol. The normalized spacial score (nSPS) is 10.3. The highest BCUT2D eigenvalue weighted by Crippen LogP contribution is 2.31. The summed E-state index contributed by atoms with van der Waals surface area (Å²) in [4.78, 5) is 21.6. The molecule has 126 valence electrons. The van der Waals surface area contributed by atoms with E-state index in [0.717, 1.165) is 0 Å². The van der Waals surface area contributed by atoms with Gasteiger partial charge in [0.2, 0.25) is 0 Å². The second-order valence-electron chi connectivity index (χ2n) is 4.84. The number of nitrogens with zero attached hydrogens (tertiary/aromatic N) is 4. The summed E-state index contributed by atoms with van der Waals surface area (Å²) in [5.41, 5.74) is 0.959. The fourth-order valence-corrected chi connectivity index (χ4v) is 2.08. The molecular formula is C16H11N4O5-. The number of benzene rings is 2. The fraction of sp³-hybridized carbons (Fsp3) is 0.0625. The van der Waals surface area contributed by atoms with Gasteiger partial charge >= 0.3 is 6.01 Å². The van der Waals surface area contributed by atoms with Gasteiger partial charge in [-0.2, -0.15) is 4.68 Å². The topological polar surface area (TPSA) is 119 Å². The Morgan fingerprint density at radius 3 is 2.56 bits per heavy atom. The summed E-state index contributed by atoms with van der Waals surface area (Å²) in [6.07, 6.45) is 0.690. The lowest BCUT2D eigenvalue weighted by atomic mass is 10.2. The lowest BCUT2D eigenvalue weighted by molar-refractivity contribution is -0.255. The van der Waals surface area contributed by atoms with Crippen molar-refractivity contribution in [3.63, 3.8) is 0 Å². The van der Waals surface area contributed by atoms with Crippen molar-refractivity contribution < 1.29 is 24.2 Å². The molecule has 9 nitrogen and oxygen atoms in total. The number of rotatable bonds is 6. The molecule has 0 unspecified atom stereocenters. The summed E-state index contributed by atoms with van der Waals surface area (Å²) < 4.78 is 12.1. The van der Waals surface area contributed by atoms with Gasteiger partial charge in [0.15, 0.2) is 11.5 Å². The maximum absolute atomic E-state index is 10.8. The van der Waals surface area contributed by atoms with Gasteiger partial charge in [0.05, 0.1) is 18.8 Å². The second kappa shape index (κ2) is 6.79. The molecule has 0 aliphatic rings. The molecule has 0 fully saturated rings. The number of hydrogen-bond donors (Lipinski definition) is 0. The lowest BCUT2D eigenvalue weighted by Crippen LogP contribution is -2.22. The van der Waals surface area contributed by atoms with E-state index in [2.05, 4.69) is 15.5 Å². The Morgan fingerprint density at radius 1 is 1.16 bits per heavy atom. The second-order valence-corrected chi connectivity index (χ2v) is 4.84. The number of carbonyl (C=O) groups is 2. The average molecular weight is 339 g/mol. The molecule has 0 aliphatic heterocycles. The third-order valence-corrected chi connectivity index (χ3v) is 3.31. The molecular weight excluding hydrogens is 328 g/mol. The zero-order valence-corrected chi connectivity index (χ0v) is 12.9. The Bertz CT molecular complexity index is 921. The molecule has 1 aromatic heterocycles. The van der Waals surface area contributed by atoms with Crippen LogP contribution in [0.25, 0.3) is 5.69 Å². The number of aromatic carboxylic acids is 1. The third-order valence-electron chi connectivity index (χ3n) is 3.31. The molecule has 25 heavy (non-hydrogen) atoms. The van der Waals surface area contributed by atoms with E-state index in [4.69, 9.17) is 9.47 Å². The number of carbonyl (C=O) groups excluding carboxylic acids is 2. The van der Waals surface area contributed by atoms with E-state index in [1.165, 1.54) is 42.1 Å². The molecule has 2 aromatic carbocycles. The third kappa shape index (κ3) is 3.29. The molecule has 0 bridgehead atoms. The van der Waals surface area contributed by atoms with Crippen molar-refractivity contribution in [2.45, 2.75) is 0 Å². The largest absolute Gasteiger partial charge is 0.545 e. The summed E-state index contributed by atoms with van der Waals surface area (Å²) in [7, 11) is 1.44. The van der Waals surface area contributed by atoms with Crippen LogP contribution in [0.2, 0.25) is 0 Å². The fourth-order valence-electron chi connectivity index (χ4n) is 2.08. The van der Waals surface area contributed by atoms with E-state index in [0.29, 0.717) is 29.0 Å². The molecule has 0 saturated carbocycles. The SMILES string of the molecule is COc1cc(C=O)ccc1Oc1nnnn1-c1ccc(C(=O)[O-])cc1. The number of methoxy groups -OCH3 is 1. The highest BCUT2D eigenvalue weighted by molar-refractivity contribution is 5.85. The minimum absolute atomic E-state index is 0.0328. The molecule has 0 saturated heterocycles. The van der Waals surface area contributed by atoms with E-state index < -0.39 is 5.97 Å². The summed E-state index contributed by atoms with van der Waals surface area (Å²) in [5, 5.41) is 22.0. The first-order chi connectivity index (χ1) is 12.1. The van der Waals surface area contributed by atoms with Crippen LogP contribution in [0.5, 0.6) is 17.5 Å². The van der Waals surface area contributed by atoms with Crippen molar-refractivity contribution >= 4 is 12.3 Å². The number of hydrogen-bond acceptors (Lipinski definition) is 8. The van der Waals surface area contributed by atoms with E-state index in [1.807, 2.05) is 0 Å². The van der Waals surface area contributed by atoms with E-state index in [1.54, 1.807) is 12.1 Å². The zero-order valence-electron chi connectivity index (χ0n) is 12.9. The molecule has 0 amide bonds. The van der Waals surface area contributed by atoms with Crippen molar-refractivity contribution in [3.8, 4) is 23.2 Å². The molecule has 3 rings (SSSR count). The summed E-state index contributed by atoms with van der Waals surface area (Å²) in [6, 6.07) is 10.4. The van der Waals surface area contributed by atoms with Gasteiger partial charge in [0.25, 0.3) is 0 Å². The van der Waals surface area contributed by atoms with Gasteiger partial charge in [-0.1, -0.05) is 17.2 Å². The van der Waals surface area contributed by atoms with E-state index in [9.17, 15) is 14.7 Å². The van der Waals surface area contributed by atoms with Gasteiger partial charge in [-0.15, -0.1) is 0 Å². The van der Waals surface area contributed by atoms with Crippen molar-refractivity contribution in [2.24, 2.45) is 0 Å². The van der Waals surface area contributed by atoms with Gasteiger partial charge in [-0.25, -0.2) is 0 Å². The number of aromatic nitrogens is 4. The Hall–Kier alpha value is -3.75. The van der Waals surface area contributed by atoms with Crippen LogP contribution < -0.4 is 14.6 Å². The van der Waals surface area contributed by atoms with Crippen LogP contribution in [0.4, 0.5) is 0 Å². The minimum atomic E-state index is -1.28. The minimum Gasteiger partial charge on any atom is -0.545 e. The van der Waals surface area contributed by atoms with Gasteiger partial charge in [0, 0.05) is 5.56 Å². The van der Waals surface area contributed by atoms with Crippen LogP contribution in [0.1, 0.15) is 20.7 Å². The average Bonchev–Trinajstić information content (AvgIpc) is 3.10. The standard InChI is InChI=1S/C16H12N4O5/c1-24-14-8-10(9-21)2-7-13(14)25-16-17-18-19-20(16)12-5-3-11(4-6-12)15(22)23/h2-9H,1H3,(H,22,23)/p-1. The first kappa shape index (κ1) is 16.1. The van der Waals surface area contributed by atoms with E-state index >= 15 is 0 Å². The number of tetrazole rings is 1. The van der Waals surface area contributed by atoms with Gasteiger partial charge in [0.1, 0.15) is 6.29 Å². The quantitative estimate of drug-likeness (QED) is 0.600. The van der Waals surface area contributed by atoms with Gasteiger partial charge < -0.3 is 19.4 Å². The zero-order chi connectivity index (χ0) is 17.8. The van der Waals surface area contributed by atoms with Crippen molar-refractivity contribution in [2.75, 3.05) is 7.11 Å². The number of carboxylic acid groups (broad SMARTS) is 1. The Labute approximate surface area is 141 Å². The van der Waals surface area contributed by atoms with Crippen molar-refractivity contribution in [1.82, 2.24) is 20.2 Å². The molecule has 9 heteroatoms. The molecule has 0 spiro atoms. The Morgan fingerprint density at radius 2 is 1.92 bits per heavy atom. The van der Waals surface area contributed by atoms with Crippen LogP contribution in [0.3, 0.4) is 0 Å². The smallest absolute Gasteiger partial charge is 0.346 e. The van der Waals surface area contributed by atoms with Crippen LogP contribution in [-0.2, 0) is 0 Å². The van der Waals surface area contributed by atoms with Crippen molar-refractivity contribution in [1.29, 1.82) is 0 Å². The van der Waals surface area contributed by atoms with Gasteiger partial charge in [-0.05, 0) is 46.3 Å². The van der Waals surface area contributed by atoms with Crippen LogP contribution in [-0.4, -0.2) is 39.6 Å². The summed E-state index contributed by atoms with van der Waals surface area (Å²) >= 11 is 0. The van der Waals surface area contributed by atoms with Crippen LogP contribution in [0.15, 0.2) is 42.5 Å².